The van der Waals surface area contributed by atoms with Crippen LogP contribution in [0.15, 0.2) is 66.7 Å². The number of benzene rings is 3. The molecule has 1 aromatic heterocycles. The van der Waals surface area contributed by atoms with E-state index in [1.165, 1.54) is 0 Å². The van der Waals surface area contributed by atoms with Crippen molar-refractivity contribution in [3.05, 3.63) is 83.8 Å². The zero-order valence-corrected chi connectivity index (χ0v) is 17.4. The fourth-order valence-electron chi connectivity index (χ4n) is 2.99. The Labute approximate surface area is 167 Å². The van der Waals surface area contributed by atoms with Gasteiger partial charge in [-0.1, -0.05) is 81.4 Å². The number of aromatic nitrogens is 2. The SMILES string of the molecule is CC.CC(=O)c1cccc2ccccc12.CCc1nc(C)c2ccccc2n1. The number of Topliss-reactive ketones (excluding diaryl/α,β-unsaturated/α-hetero) is 1. The summed E-state index contributed by atoms with van der Waals surface area (Å²) in [6.07, 6.45) is 0.895. The molecular weight excluding hydrogens is 344 g/mol. The summed E-state index contributed by atoms with van der Waals surface area (Å²) >= 11 is 0. The van der Waals surface area contributed by atoms with Crippen LogP contribution in [-0.4, -0.2) is 15.8 Å². The Hall–Kier alpha value is -3.07. The van der Waals surface area contributed by atoms with Gasteiger partial charge in [-0.2, -0.15) is 0 Å². The Balaban J connectivity index is 0.000000184. The summed E-state index contributed by atoms with van der Waals surface area (Å²) < 4.78 is 0. The number of para-hydroxylation sites is 1. The van der Waals surface area contributed by atoms with Crippen molar-refractivity contribution in [2.75, 3.05) is 0 Å². The van der Waals surface area contributed by atoms with Gasteiger partial charge in [0, 0.05) is 23.1 Å². The van der Waals surface area contributed by atoms with Crippen LogP contribution in [0.1, 0.15) is 49.6 Å². The van der Waals surface area contributed by atoms with Gasteiger partial charge in [-0.05, 0) is 30.7 Å². The average molecular weight is 373 g/mol. The Kier molecular flexibility index (Phi) is 7.82. The van der Waals surface area contributed by atoms with Crippen molar-refractivity contribution < 1.29 is 4.79 Å². The summed E-state index contributed by atoms with van der Waals surface area (Å²) in [5.74, 6) is 1.05. The summed E-state index contributed by atoms with van der Waals surface area (Å²) in [6, 6.07) is 21.8. The molecule has 0 bridgehead atoms. The molecule has 0 unspecified atom stereocenters. The standard InChI is InChI=1S/C12H10O.C11H12N2.C2H6/c1-9(13)11-8-4-6-10-5-2-3-7-12(10)11;1-3-11-12-8(2)9-6-4-5-7-10(9)13-11;1-2/h2-8H,1H3;4-7H,3H2,1-2H3;1-2H3. The highest BCUT2D eigenvalue weighted by atomic mass is 16.1. The first-order valence-electron chi connectivity index (χ1n) is 9.81. The molecule has 0 saturated heterocycles. The Morgan fingerprint density at radius 3 is 2.11 bits per heavy atom. The molecule has 3 aromatic carbocycles. The van der Waals surface area contributed by atoms with Crippen molar-refractivity contribution >= 4 is 27.5 Å². The summed E-state index contributed by atoms with van der Waals surface area (Å²) in [7, 11) is 0. The number of carbonyl (C=O) groups is 1. The maximum Gasteiger partial charge on any atom is 0.160 e. The number of hydrogen-bond acceptors (Lipinski definition) is 3. The molecule has 28 heavy (non-hydrogen) atoms. The van der Waals surface area contributed by atoms with Crippen LogP contribution in [0.2, 0.25) is 0 Å². The molecule has 0 fully saturated rings. The molecule has 4 rings (SSSR count). The molecule has 0 aliphatic heterocycles. The second-order valence-electron chi connectivity index (χ2n) is 6.18. The molecule has 0 radical (unpaired) electrons. The first-order valence-corrected chi connectivity index (χ1v) is 9.81. The van der Waals surface area contributed by atoms with E-state index in [2.05, 4.69) is 23.0 Å². The number of fused-ring (bicyclic) bond motifs is 2. The molecular formula is C25H28N2O. The lowest BCUT2D eigenvalue weighted by Gasteiger charge is -2.02. The summed E-state index contributed by atoms with van der Waals surface area (Å²) in [5.41, 5.74) is 2.92. The van der Waals surface area contributed by atoms with Gasteiger partial charge < -0.3 is 0 Å². The maximum atomic E-state index is 11.3. The molecule has 144 valence electrons. The highest BCUT2D eigenvalue weighted by Gasteiger charge is 2.03. The van der Waals surface area contributed by atoms with E-state index >= 15 is 0 Å². The molecule has 1 heterocycles. The summed E-state index contributed by atoms with van der Waals surface area (Å²) in [4.78, 5) is 20.1. The number of rotatable bonds is 2. The third-order valence-corrected chi connectivity index (χ3v) is 4.33. The van der Waals surface area contributed by atoms with Crippen molar-refractivity contribution in [3.63, 3.8) is 0 Å². The monoisotopic (exact) mass is 372 g/mol. The van der Waals surface area contributed by atoms with Crippen LogP contribution in [0, 0.1) is 6.92 Å². The minimum Gasteiger partial charge on any atom is -0.294 e. The van der Waals surface area contributed by atoms with Gasteiger partial charge in [0.1, 0.15) is 5.82 Å². The van der Waals surface area contributed by atoms with Crippen molar-refractivity contribution in [1.82, 2.24) is 9.97 Å². The van der Waals surface area contributed by atoms with Crippen LogP contribution in [0.25, 0.3) is 21.7 Å². The largest absolute Gasteiger partial charge is 0.294 e. The van der Waals surface area contributed by atoms with Crippen molar-refractivity contribution in [2.24, 2.45) is 0 Å². The van der Waals surface area contributed by atoms with Crippen LogP contribution < -0.4 is 0 Å². The Bertz CT molecular complexity index is 1060. The van der Waals surface area contributed by atoms with Crippen LogP contribution in [0.4, 0.5) is 0 Å². The van der Waals surface area contributed by atoms with Crippen LogP contribution >= 0.6 is 0 Å². The summed E-state index contributed by atoms with van der Waals surface area (Å²) in [6.45, 7) is 9.70. The number of carbonyl (C=O) groups excluding carboxylic acids is 1. The molecule has 4 aromatic rings. The third kappa shape index (κ3) is 5.01. The Morgan fingerprint density at radius 2 is 1.43 bits per heavy atom. The van der Waals surface area contributed by atoms with Crippen molar-refractivity contribution in [3.8, 4) is 0 Å². The van der Waals surface area contributed by atoms with Gasteiger partial charge in [0.25, 0.3) is 0 Å². The second kappa shape index (κ2) is 10.3. The molecule has 0 aliphatic rings. The zero-order chi connectivity index (χ0) is 20.5. The van der Waals surface area contributed by atoms with E-state index in [1.54, 1.807) is 6.92 Å². The highest BCUT2D eigenvalue weighted by Crippen LogP contribution is 2.18. The predicted molar refractivity (Wildman–Crippen MR) is 119 cm³/mol. The maximum absolute atomic E-state index is 11.3. The van der Waals surface area contributed by atoms with E-state index in [1.807, 2.05) is 81.4 Å². The Morgan fingerprint density at radius 1 is 0.821 bits per heavy atom. The van der Waals surface area contributed by atoms with Gasteiger partial charge in [-0.15, -0.1) is 0 Å². The molecule has 0 aliphatic carbocycles. The predicted octanol–water partition coefficient (Wildman–Crippen LogP) is 6.57. The second-order valence-corrected chi connectivity index (χ2v) is 6.18. The molecule has 0 amide bonds. The van der Waals surface area contributed by atoms with Crippen LogP contribution in [0.5, 0.6) is 0 Å². The van der Waals surface area contributed by atoms with Crippen LogP contribution in [-0.2, 0) is 6.42 Å². The van der Waals surface area contributed by atoms with Crippen molar-refractivity contribution in [1.29, 1.82) is 0 Å². The van der Waals surface area contributed by atoms with Crippen LogP contribution in [0.3, 0.4) is 0 Å². The van der Waals surface area contributed by atoms with Crippen molar-refractivity contribution in [2.45, 2.75) is 41.0 Å². The fraction of sp³-hybridized carbons (Fsp3) is 0.240. The van der Waals surface area contributed by atoms with E-state index in [0.29, 0.717) is 0 Å². The molecule has 0 saturated carbocycles. The van der Waals surface area contributed by atoms with Gasteiger partial charge in [-0.3, -0.25) is 4.79 Å². The lowest BCUT2D eigenvalue weighted by atomic mass is 10.0. The average Bonchev–Trinajstić information content (AvgIpc) is 2.75. The quantitative estimate of drug-likeness (QED) is 0.374. The molecule has 0 atom stereocenters. The topological polar surface area (TPSA) is 42.9 Å². The van der Waals surface area contributed by atoms with Gasteiger partial charge in [0.05, 0.1) is 5.52 Å². The summed E-state index contributed by atoms with van der Waals surface area (Å²) in [5, 5.41) is 3.31. The van der Waals surface area contributed by atoms with Gasteiger partial charge in [0.2, 0.25) is 0 Å². The number of ketones is 1. The molecule has 3 heteroatoms. The first kappa shape index (κ1) is 21.2. The smallest absolute Gasteiger partial charge is 0.160 e. The lowest BCUT2D eigenvalue weighted by Crippen LogP contribution is -1.96. The first-order chi connectivity index (χ1) is 13.6. The number of hydrogen-bond donors (Lipinski definition) is 0. The van der Waals surface area contributed by atoms with E-state index in [4.69, 9.17) is 0 Å². The molecule has 0 spiro atoms. The lowest BCUT2D eigenvalue weighted by molar-refractivity contribution is 0.101. The number of nitrogens with zero attached hydrogens (tertiary/aromatic N) is 2. The molecule has 0 N–H and O–H groups in total. The van der Waals surface area contributed by atoms with Gasteiger partial charge in [0.15, 0.2) is 5.78 Å². The van der Waals surface area contributed by atoms with Gasteiger partial charge >= 0.3 is 0 Å². The zero-order valence-electron chi connectivity index (χ0n) is 17.4. The minimum absolute atomic E-state index is 0.122. The molecule has 3 nitrogen and oxygen atoms in total. The van der Waals surface area contributed by atoms with E-state index < -0.39 is 0 Å². The third-order valence-electron chi connectivity index (χ3n) is 4.33. The normalized spacial score (nSPS) is 9.89. The highest BCUT2D eigenvalue weighted by molar-refractivity contribution is 6.06. The van der Waals surface area contributed by atoms with Gasteiger partial charge in [-0.25, -0.2) is 9.97 Å². The van der Waals surface area contributed by atoms with E-state index in [-0.39, 0.29) is 5.78 Å². The number of aryl methyl sites for hydroxylation is 2. The van der Waals surface area contributed by atoms with E-state index in [0.717, 1.165) is 45.2 Å². The fourth-order valence-corrected chi connectivity index (χ4v) is 2.99. The minimum atomic E-state index is 0.122. The van der Waals surface area contributed by atoms with E-state index in [9.17, 15) is 4.79 Å².